The maximum atomic E-state index is 12.3. The van der Waals surface area contributed by atoms with E-state index < -0.39 is 12.8 Å². The smallest absolute Gasteiger partial charge is 0.367 e. The molecular formula is C17H20ClF3N4O2. The number of carbonyl (C=O) groups excluding carboxylic acids is 1. The molecule has 3 rings (SSSR count). The van der Waals surface area contributed by atoms with Gasteiger partial charge in [0.2, 0.25) is 0 Å². The second-order valence-corrected chi connectivity index (χ2v) is 6.06. The molecule has 0 radical (unpaired) electrons. The number of nitrogens with one attached hydrogen (secondary N) is 3. The molecular weight excluding hydrogens is 385 g/mol. The summed E-state index contributed by atoms with van der Waals surface area (Å²) in [5, 5.41) is 13.0. The lowest BCUT2D eigenvalue weighted by atomic mass is 10.1. The highest BCUT2D eigenvalue weighted by Crippen LogP contribution is 2.17. The predicted octanol–water partition coefficient (Wildman–Crippen LogP) is 2.49. The number of benzene rings is 1. The van der Waals surface area contributed by atoms with Crippen molar-refractivity contribution in [3.63, 3.8) is 0 Å². The van der Waals surface area contributed by atoms with Gasteiger partial charge in [-0.2, -0.15) is 18.3 Å². The molecule has 0 fully saturated rings. The summed E-state index contributed by atoms with van der Waals surface area (Å²) in [6, 6.07) is 6.85. The molecule has 1 aromatic carbocycles. The van der Waals surface area contributed by atoms with Gasteiger partial charge in [0.1, 0.15) is 6.61 Å². The van der Waals surface area contributed by atoms with Crippen LogP contribution < -0.4 is 10.6 Å². The highest BCUT2D eigenvalue weighted by molar-refractivity contribution is 5.94. The summed E-state index contributed by atoms with van der Waals surface area (Å²) < 4.78 is 40.7. The van der Waals surface area contributed by atoms with Crippen LogP contribution in [-0.2, 0) is 30.9 Å². The van der Waals surface area contributed by atoms with Crippen molar-refractivity contribution in [2.75, 3.05) is 13.2 Å². The fourth-order valence-corrected chi connectivity index (χ4v) is 2.72. The molecule has 1 aliphatic rings. The van der Waals surface area contributed by atoms with Gasteiger partial charge >= 0.3 is 6.18 Å². The fraction of sp³-hybridized carbons (Fsp3) is 0.412. The lowest BCUT2D eigenvalue weighted by Gasteiger charge is -2.13. The zero-order chi connectivity index (χ0) is 18.6. The summed E-state index contributed by atoms with van der Waals surface area (Å²) in [4.78, 5) is 12.3. The van der Waals surface area contributed by atoms with Crippen LogP contribution >= 0.6 is 12.4 Å². The van der Waals surface area contributed by atoms with Crippen molar-refractivity contribution in [2.24, 2.45) is 0 Å². The Morgan fingerprint density at radius 1 is 1.22 bits per heavy atom. The van der Waals surface area contributed by atoms with Crippen LogP contribution in [0.1, 0.15) is 32.9 Å². The van der Waals surface area contributed by atoms with Gasteiger partial charge < -0.3 is 15.4 Å². The Bertz CT molecular complexity index is 763. The van der Waals surface area contributed by atoms with E-state index in [1.165, 1.54) is 0 Å². The first-order valence-electron chi connectivity index (χ1n) is 8.20. The minimum Gasteiger partial charge on any atom is -0.367 e. The van der Waals surface area contributed by atoms with E-state index in [-0.39, 0.29) is 24.9 Å². The molecule has 0 bridgehead atoms. The molecule has 2 aromatic rings. The summed E-state index contributed by atoms with van der Waals surface area (Å²) in [6.45, 7) is 0.389. The molecule has 0 spiro atoms. The van der Waals surface area contributed by atoms with E-state index in [9.17, 15) is 18.0 Å². The van der Waals surface area contributed by atoms with Crippen molar-refractivity contribution in [1.82, 2.24) is 20.8 Å². The van der Waals surface area contributed by atoms with Gasteiger partial charge in [-0.05, 0) is 11.1 Å². The van der Waals surface area contributed by atoms with Crippen LogP contribution in [-0.4, -0.2) is 35.4 Å². The fourth-order valence-electron chi connectivity index (χ4n) is 2.72. The van der Waals surface area contributed by atoms with Gasteiger partial charge in [-0.1, -0.05) is 24.3 Å². The lowest BCUT2D eigenvalue weighted by molar-refractivity contribution is -0.176. The largest absolute Gasteiger partial charge is 0.411 e. The average molecular weight is 405 g/mol. The second kappa shape index (κ2) is 9.20. The van der Waals surface area contributed by atoms with E-state index in [1.807, 2.05) is 0 Å². The third kappa shape index (κ3) is 5.95. The number of carbonyl (C=O) groups is 1. The first kappa shape index (κ1) is 21.2. The van der Waals surface area contributed by atoms with Crippen LogP contribution in [0.25, 0.3) is 0 Å². The minimum absolute atomic E-state index is 0. The number of hydrogen-bond acceptors (Lipinski definition) is 4. The molecule has 0 saturated heterocycles. The summed E-state index contributed by atoms with van der Waals surface area (Å²) >= 11 is 0. The number of nitrogens with zero attached hydrogens (tertiary/aromatic N) is 1. The number of amides is 1. The SMILES string of the molecule is Cl.O=C(NCc1ccc(COCC(F)(F)F)cc1)c1n[nH]c2c1CNCC2. The Morgan fingerprint density at radius 3 is 2.63 bits per heavy atom. The number of halogens is 4. The summed E-state index contributed by atoms with van der Waals surface area (Å²) in [6.07, 6.45) is -3.52. The van der Waals surface area contributed by atoms with Gasteiger partial charge in [-0.15, -0.1) is 12.4 Å². The van der Waals surface area contributed by atoms with Crippen molar-refractivity contribution in [1.29, 1.82) is 0 Å². The summed E-state index contributed by atoms with van der Waals surface area (Å²) in [5.74, 6) is -0.260. The van der Waals surface area contributed by atoms with Gasteiger partial charge in [0.15, 0.2) is 5.69 Å². The van der Waals surface area contributed by atoms with E-state index in [4.69, 9.17) is 0 Å². The topological polar surface area (TPSA) is 79.0 Å². The van der Waals surface area contributed by atoms with Crippen molar-refractivity contribution in [3.05, 3.63) is 52.3 Å². The summed E-state index contributed by atoms with van der Waals surface area (Å²) in [5.41, 5.74) is 3.74. The quantitative estimate of drug-likeness (QED) is 0.691. The molecule has 148 valence electrons. The van der Waals surface area contributed by atoms with Gasteiger partial charge in [-0.25, -0.2) is 0 Å². The van der Waals surface area contributed by atoms with Crippen molar-refractivity contribution < 1.29 is 22.7 Å². The molecule has 0 atom stereocenters. The van der Waals surface area contributed by atoms with Crippen LogP contribution in [0.4, 0.5) is 13.2 Å². The third-order valence-corrected chi connectivity index (χ3v) is 4.03. The van der Waals surface area contributed by atoms with Gasteiger partial charge in [0, 0.05) is 37.3 Å². The number of H-pyrrole nitrogens is 1. The van der Waals surface area contributed by atoms with E-state index in [1.54, 1.807) is 24.3 Å². The highest BCUT2D eigenvalue weighted by Gasteiger charge is 2.27. The lowest BCUT2D eigenvalue weighted by Crippen LogP contribution is -2.28. The van der Waals surface area contributed by atoms with Crippen molar-refractivity contribution in [3.8, 4) is 0 Å². The molecule has 0 saturated carbocycles. The van der Waals surface area contributed by atoms with Crippen LogP contribution in [0.5, 0.6) is 0 Å². The molecule has 0 unspecified atom stereocenters. The number of fused-ring (bicyclic) bond motifs is 1. The Morgan fingerprint density at radius 2 is 1.93 bits per heavy atom. The summed E-state index contributed by atoms with van der Waals surface area (Å²) in [7, 11) is 0. The minimum atomic E-state index is -4.33. The maximum Gasteiger partial charge on any atom is 0.411 e. The zero-order valence-electron chi connectivity index (χ0n) is 14.4. The van der Waals surface area contributed by atoms with Crippen LogP contribution in [0.3, 0.4) is 0 Å². The predicted molar refractivity (Wildman–Crippen MR) is 94.6 cm³/mol. The maximum absolute atomic E-state index is 12.3. The molecule has 1 aliphatic heterocycles. The van der Waals surface area contributed by atoms with Crippen molar-refractivity contribution in [2.45, 2.75) is 32.3 Å². The molecule has 27 heavy (non-hydrogen) atoms. The molecule has 0 aliphatic carbocycles. The molecule has 3 N–H and O–H groups in total. The van der Waals surface area contributed by atoms with E-state index in [2.05, 4.69) is 25.6 Å². The van der Waals surface area contributed by atoms with Crippen LogP contribution in [0.15, 0.2) is 24.3 Å². The Kier molecular flexibility index (Phi) is 7.23. The Balaban J connectivity index is 0.00000261. The van der Waals surface area contributed by atoms with Gasteiger partial charge in [-0.3, -0.25) is 9.89 Å². The van der Waals surface area contributed by atoms with E-state index in [0.29, 0.717) is 24.3 Å². The number of aromatic amines is 1. The number of aromatic nitrogens is 2. The third-order valence-electron chi connectivity index (χ3n) is 4.03. The molecule has 1 aromatic heterocycles. The molecule has 2 heterocycles. The monoisotopic (exact) mass is 404 g/mol. The molecule has 6 nitrogen and oxygen atoms in total. The first-order valence-corrected chi connectivity index (χ1v) is 8.20. The van der Waals surface area contributed by atoms with Crippen LogP contribution in [0, 0.1) is 0 Å². The number of rotatable bonds is 6. The standard InChI is InChI=1S/C17H19F3N4O2.ClH/c18-17(19,20)10-26-9-12-3-1-11(2-4-12)7-22-16(25)15-13-8-21-6-5-14(13)23-24-15;/h1-4,21H,5-10H2,(H,22,25)(H,23,24);1H. The second-order valence-electron chi connectivity index (χ2n) is 6.06. The Labute approximate surface area is 160 Å². The average Bonchev–Trinajstić information content (AvgIpc) is 3.04. The first-order chi connectivity index (χ1) is 12.4. The van der Waals surface area contributed by atoms with Crippen molar-refractivity contribution >= 4 is 18.3 Å². The number of hydrogen-bond donors (Lipinski definition) is 3. The van der Waals surface area contributed by atoms with E-state index in [0.717, 1.165) is 29.8 Å². The van der Waals surface area contributed by atoms with Gasteiger partial charge in [0.05, 0.1) is 6.61 Å². The molecule has 10 heteroatoms. The Hall–Kier alpha value is -2.10. The number of alkyl halides is 3. The van der Waals surface area contributed by atoms with Crippen LogP contribution in [0.2, 0.25) is 0 Å². The van der Waals surface area contributed by atoms with E-state index >= 15 is 0 Å². The van der Waals surface area contributed by atoms with Gasteiger partial charge in [0.25, 0.3) is 5.91 Å². The zero-order valence-corrected chi connectivity index (χ0v) is 15.2. The molecule has 1 amide bonds. The number of ether oxygens (including phenoxy) is 1. The highest BCUT2D eigenvalue weighted by atomic mass is 35.5. The normalized spacial score (nSPS) is 13.6.